The highest BCUT2D eigenvalue weighted by atomic mass is 16.5. The Kier molecular flexibility index (Phi) is 5.47. The fraction of sp³-hybridized carbons (Fsp3) is 0.381. The number of methoxy groups -OCH3 is 1. The summed E-state index contributed by atoms with van der Waals surface area (Å²) < 4.78 is 11.4. The summed E-state index contributed by atoms with van der Waals surface area (Å²) in [7, 11) is 1.63. The van der Waals surface area contributed by atoms with Crippen LogP contribution in [0.2, 0.25) is 0 Å². The van der Waals surface area contributed by atoms with Gasteiger partial charge in [0.15, 0.2) is 11.5 Å². The molecule has 2 aromatic rings. The van der Waals surface area contributed by atoms with Crippen LogP contribution in [-0.2, 0) is 17.9 Å². The number of likely N-dealkylation sites (tertiary alicyclic amines) is 1. The molecule has 5 nitrogen and oxygen atoms in total. The SMILES string of the molecule is COc1ccc(CN2CCC(C)(C(=O)O)C2)cc1OCc1ccccc1. The van der Waals surface area contributed by atoms with Crippen molar-refractivity contribution in [1.82, 2.24) is 4.90 Å². The average Bonchev–Trinajstić information content (AvgIpc) is 3.03. The predicted molar refractivity (Wildman–Crippen MR) is 99.4 cm³/mol. The van der Waals surface area contributed by atoms with Gasteiger partial charge in [-0.1, -0.05) is 36.4 Å². The van der Waals surface area contributed by atoms with E-state index in [9.17, 15) is 9.90 Å². The van der Waals surface area contributed by atoms with Gasteiger partial charge in [0.25, 0.3) is 0 Å². The third-order valence-electron chi connectivity index (χ3n) is 4.94. The molecule has 0 aromatic heterocycles. The third-order valence-corrected chi connectivity index (χ3v) is 4.94. The van der Waals surface area contributed by atoms with Gasteiger partial charge >= 0.3 is 5.97 Å². The van der Waals surface area contributed by atoms with Crippen molar-refractivity contribution in [2.75, 3.05) is 20.2 Å². The van der Waals surface area contributed by atoms with Gasteiger partial charge in [-0.25, -0.2) is 0 Å². The Labute approximate surface area is 154 Å². The summed E-state index contributed by atoms with van der Waals surface area (Å²) in [6.45, 7) is 4.34. The van der Waals surface area contributed by atoms with E-state index in [1.54, 1.807) is 7.11 Å². The van der Waals surface area contributed by atoms with Crippen molar-refractivity contribution in [3.63, 3.8) is 0 Å². The molecule has 1 unspecified atom stereocenters. The first-order valence-electron chi connectivity index (χ1n) is 8.79. The molecule has 26 heavy (non-hydrogen) atoms. The minimum atomic E-state index is -0.721. The number of ether oxygens (including phenoxy) is 2. The number of carbonyl (C=O) groups is 1. The van der Waals surface area contributed by atoms with Crippen LogP contribution in [0, 0.1) is 5.41 Å². The van der Waals surface area contributed by atoms with Crippen molar-refractivity contribution in [2.45, 2.75) is 26.5 Å². The zero-order valence-electron chi connectivity index (χ0n) is 15.3. The largest absolute Gasteiger partial charge is 0.493 e. The molecular formula is C21H25NO4. The maximum atomic E-state index is 11.4. The summed E-state index contributed by atoms with van der Waals surface area (Å²) in [6, 6.07) is 15.9. The van der Waals surface area contributed by atoms with Crippen LogP contribution in [-0.4, -0.2) is 36.2 Å². The Morgan fingerprint density at radius 3 is 2.58 bits per heavy atom. The van der Waals surface area contributed by atoms with Gasteiger partial charge in [-0.15, -0.1) is 0 Å². The zero-order chi connectivity index (χ0) is 18.6. The number of carboxylic acids is 1. The lowest BCUT2D eigenvalue weighted by molar-refractivity contribution is -0.147. The second-order valence-corrected chi connectivity index (χ2v) is 7.09. The molecule has 1 aliphatic heterocycles. The van der Waals surface area contributed by atoms with Crippen LogP contribution in [0.1, 0.15) is 24.5 Å². The molecule has 0 amide bonds. The van der Waals surface area contributed by atoms with Gasteiger partial charge in [0, 0.05) is 13.1 Å². The van der Waals surface area contributed by atoms with Gasteiger partial charge in [-0.3, -0.25) is 9.69 Å². The lowest BCUT2D eigenvalue weighted by Crippen LogP contribution is -2.31. The lowest BCUT2D eigenvalue weighted by Gasteiger charge is -2.20. The molecule has 1 heterocycles. The maximum absolute atomic E-state index is 11.4. The number of rotatable bonds is 7. The zero-order valence-corrected chi connectivity index (χ0v) is 15.3. The van der Waals surface area contributed by atoms with Gasteiger partial charge in [0.05, 0.1) is 12.5 Å². The fourth-order valence-electron chi connectivity index (χ4n) is 3.29. The van der Waals surface area contributed by atoms with Crippen LogP contribution in [0.5, 0.6) is 11.5 Å². The molecule has 0 aliphatic carbocycles. The third kappa shape index (κ3) is 4.17. The molecule has 3 rings (SSSR count). The summed E-state index contributed by atoms with van der Waals surface area (Å²) in [4.78, 5) is 13.6. The fourth-order valence-corrected chi connectivity index (χ4v) is 3.29. The van der Waals surface area contributed by atoms with E-state index < -0.39 is 11.4 Å². The molecule has 0 saturated carbocycles. The van der Waals surface area contributed by atoms with E-state index in [4.69, 9.17) is 9.47 Å². The minimum absolute atomic E-state index is 0.474. The van der Waals surface area contributed by atoms with Crippen LogP contribution in [0.25, 0.3) is 0 Å². The highest BCUT2D eigenvalue weighted by Crippen LogP contribution is 2.33. The normalized spacial score (nSPS) is 20.1. The number of nitrogens with zero attached hydrogens (tertiary/aromatic N) is 1. The quantitative estimate of drug-likeness (QED) is 0.823. The number of hydrogen-bond acceptors (Lipinski definition) is 4. The Morgan fingerprint density at radius 1 is 1.15 bits per heavy atom. The predicted octanol–water partition coefficient (Wildman–Crippen LogP) is 3.57. The van der Waals surface area contributed by atoms with Crippen molar-refractivity contribution >= 4 is 5.97 Å². The molecule has 1 aliphatic rings. The van der Waals surface area contributed by atoms with E-state index in [0.717, 1.165) is 17.7 Å². The van der Waals surface area contributed by atoms with Gasteiger partial charge in [0.1, 0.15) is 6.61 Å². The Morgan fingerprint density at radius 2 is 1.92 bits per heavy atom. The Balaban J connectivity index is 1.68. The van der Waals surface area contributed by atoms with E-state index in [-0.39, 0.29) is 0 Å². The Hall–Kier alpha value is -2.53. The number of benzene rings is 2. The van der Waals surface area contributed by atoms with E-state index in [1.165, 1.54) is 0 Å². The summed E-state index contributed by atoms with van der Waals surface area (Å²) >= 11 is 0. The standard InChI is InChI=1S/C21H25NO4/c1-21(20(23)24)10-11-22(15-21)13-17-8-9-18(25-2)19(12-17)26-14-16-6-4-3-5-7-16/h3-9,12H,10-11,13-15H2,1-2H3,(H,23,24). The average molecular weight is 355 g/mol. The minimum Gasteiger partial charge on any atom is -0.493 e. The summed E-state index contributed by atoms with van der Waals surface area (Å²) in [5.41, 5.74) is 1.53. The Bertz CT molecular complexity index is 762. The molecule has 1 N–H and O–H groups in total. The molecule has 1 atom stereocenters. The number of carboxylic acid groups (broad SMARTS) is 1. The first-order chi connectivity index (χ1) is 12.5. The van der Waals surface area contributed by atoms with E-state index >= 15 is 0 Å². The van der Waals surface area contributed by atoms with E-state index in [1.807, 2.05) is 55.5 Å². The maximum Gasteiger partial charge on any atom is 0.310 e. The molecule has 138 valence electrons. The van der Waals surface area contributed by atoms with Crippen molar-refractivity contribution in [3.8, 4) is 11.5 Å². The molecule has 5 heteroatoms. The number of hydrogen-bond donors (Lipinski definition) is 1. The van der Waals surface area contributed by atoms with Gasteiger partial charge in [-0.2, -0.15) is 0 Å². The van der Waals surface area contributed by atoms with Gasteiger partial charge in [-0.05, 0) is 43.1 Å². The molecule has 1 saturated heterocycles. The van der Waals surface area contributed by atoms with Crippen LogP contribution in [0.3, 0.4) is 0 Å². The molecule has 2 aromatic carbocycles. The van der Waals surface area contributed by atoms with Crippen LogP contribution >= 0.6 is 0 Å². The van der Waals surface area contributed by atoms with Crippen molar-refractivity contribution < 1.29 is 19.4 Å². The number of aliphatic carboxylic acids is 1. The topological polar surface area (TPSA) is 59.0 Å². The van der Waals surface area contributed by atoms with Crippen LogP contribution in [0.4, 0.5) is 0 Å². The van der Waals surface area contributed by atoms with Crippen molar-refractivity contribution in [1.29, 1.82) is 0 Å². The monoisotopic (exact) mass is 355 g/mol. The second kappa shape index (κ2) is 7.79. The lowest BCUT2D eigenvalue weighted by atomic mass is 9.90. The highest BCUT2D eigenvalue weighted by molar-refractivity contribution is 5.74. The molecular weight excluding hydrogens is 330 g/mol. The van der Waals surface area contributed by atoms with Crippen molar-refractivity contribution in [3.05, 3.63) is 59.7 Å². The van der Waals surface area contributed by atoms with E-state index in [2.05, 4.69) is 4.90 Å². The molecule has 0 bridgehead atoms. The molecule has 0 spiro atoms. The highest BCUT2D eigenvalue weighted by Gasteiger charge is 2.40. The summed E-state index contributed by atoms with van der Waals surface area (Å²) in [6.07, 6.45) is 0.676. The van der Waals surface area contributed by atoms with Gasteiger partial charge < -0.3 is 14.6 Å². The molecule has 1 fully saturated rings. The van der Waals surface area contributed by atoms with Gasteiger partial charge in [0.2, 0.25) is 0 Å². The summed E-state index contributed by atoms with van der Waals surface area (Å²) in [5, 5.41) is 9.38. The first kappa shape index (κ1) is 18.3. The first-order valence-corrected chi connectivity index (χ1v) is 8.79. The molecule has 0 radical (unpaired) electrons. The summed E-state index contributed by atoms with van der Waals surface area (Å²) in [5.74, 6) is 0.678. The van der Waals surface area contributed by atoms with Crippen molar-refractivity contribution in [2.24, 2.45) is 5.41 Å². The van der Waals surface area contributed by atoms with Crippen LogP contribution in [0.15, 0.2) is 48.5 Å². The van der Waals surface area contributed by atoms with Crippen LogP contribution < -0.4 is 9.47 Å². The van der Waals surface area contributed by atoms with E-state index in [0.29, 0.717) is 37.6 Å². The smallest absolute Gasteiger partial charge is 0.310 e. The second-order valence-electron chi connectivity index (χ2n) is 7.09.